The van der Waals surface area contributed by atoms with E-state index >= 15 is 0 Å². The average molecular weight is 312 g/mol. The number of aromatic hydroxyl groups is 1. The van der Waals surface area contributed by atoms with E-state index in [0.717, 1.165) is 0 Å². The minimum atomic E-state index is -0.919. The highest BCUT2D eigenvalue weighted by molar-refractivity contribution is 6.00. The molecule has 1 amide bonds. The van der Waals surface area contributed by atoms with Crippen molar-refractivity contribution in [3.8, 4) is 17.6 Å². The molecule has 1 aliphatic rings. The van der Waals surface area contributed by atoms with Crippen LogP contribution in [0.15, 0.2) is 42.5 Å². The molecule has 0 saturated heterocycles. The monoisotopic (exact) mass is 312 g/mol. The van der Waals surface area contributed by atoms with E-state index in [1.54, 1.807) is 18.2 Å². The lowest BCUT2D eigenvalue weighted by Crippen LogP contribution is -2.47. The van der Waals surface area contributed by atoms with Gasteiger partial charge in [0.15, 0.2) is 6.10 Å². The number of halogens is 1. The summed E-state index contributed by atoms with van der Waals surface area (Å²) in [7, 11) is 0. The van der Waals surface area contributed by atoms with Crippen molar-refractivity contribution in [1.29, 1.82) is 5.26 Å². The number of ether oxygens (including phenoxy) is 1. The van der Waals surface area contributed by atoms with Gasteiger partial charge in [-0.15, -0.1) is 0 Å². The van der Waals surface area contributed by atoms with E-state index in [9.17, 15) is 14.3 Å². The van der Waals surface area contributed by atoms with Gasteiger partial charge in [-0.3, -0.25) is 9.69 Å². The summed E-state index contributed by atoms with van der Waals surface area (Å²) in [5, 5.41) is 18.5. The Bertz CT molecular complexity index is 801. The maximum absolute atomic E-state index is 13.8. The Kier molecular flexibility index (Phi) is 3.85. The van der Waals surface area contributed by atoms with Gasteiger partial charge < -0.3 is 9.84 Å². The molecule has 3 rings (SSSR count). The van der Waals surface area contributed by atoms with Crippen LogP contribution in [0.3, 0.4) is 0 Å². The summed E-state index contributed by atoms with van der Waals surface area (Å²) in [5.41, 5.74) is 0.700. The van der Waals surface area contributed by atoms with Crippen LogP contribution in [0.5, 0.6) is 11.5 Å². The number of phenolic OH excluding ortho intramolecular Hbond substituents is 1. The fraction of sp³-hybridized carbons (Fsp3) is 0.176. The second-order valence-electron chi connectivity index (χ2n) is 5.14. The van der Waals surface area contributed by atoms with E-state index in [-0.39, 0.29) is 18.7 Å². The van der Waals surface area contributed by atoms with Crippen molar-refractivity contribution in [3.63, 3.8) is 0 Å². The highest BCUT2D eigenvalue weighted by atomic mass is 19.1. The van der Waals surface area contributed by atoms with Gasteiger partial charge in [0.05, 0.1) is 11.8 Å². The Morgan fingerprint density at radius 1 is 1.30 bits per heavy atom. The molecule has 23 heavy (non-hydrogen) atoms. The molecule has 5 nitrogen and oxygen atoms in total. The quantitative estimate of drug-likeness (QED) is 0.883. The molecule has 1 N–H and O–H groups in total. The third-order valence-electron chi connectivity index (χ3n) is 3.64. The molecule has 1 atom stereocenters. The second-order valence-corrected chi connectivity index (χ2v) is 5.14. The van der Waals surface area contributed by atoms with Crippen LogP contribution in [0.2, 0.25) is 0 Å². The molecule has 0 spiro atoms. The van der Waals surface area contributed by atoms with Crippen molar-refractivity contribution in [2.24, 2.45) is 0 Å². The molecule has 1 aliphatic heterocycles. The van der Waals surface area contributed by atoms with Gasteiger partial charge in [0.2, 0.25) is 0 Å². The number of nitrogens with zero attached hydrogens (tertiary/aromatic N) is 2. The van der Waals surface area contributed by atoms with Crippen LogP contribution >= 0.6 is 0 Å². The first kappa shape index (κ1) is 14.9. The second kappa shape index (κ2) is 5.97. The molecule has 1 unspecified atom stereocenters. The van der Waals surface area contributed by atoms with Crippen LogP contribution in [-0.2, 0) is 11.2 Å². The number of nitriles is 1. The van der Waals surface area contributed by atoms with Gasteiger partial charge >= 0.3 is 0 Å². The number of rotatable bonds is 3. The molecule has 0 fully saturated rings. The van der Waals surface area contributed by atoms with Gasteiger partial charge in [-0.05, 0) is 23.8 Å². The zero-order valence-electron chi connectivity index (χ0n) is 12.1. The summed E-state index contributed by atoms with van der Waals surface area (Å²) >= 11 is 0. The number of phenols is 1. The lowest BCUT2D eigenvalue weighted by Gasteiger charge is -2.33. The molecule has 0 bridgehead atoms. The fourth-order valence-corrected chi connectivity index (χ4v) is 2.54. The number of fused-ring (bicyclic) bond motifs is 1. The van der Waals surface area contributed by atoms with Crippen molar-refractivity contribution < 1.29 is 19.0 Å². The molecule has 116 valence electrons. The van der Waals surface area contributed by atoms with Crippen LogP contribution in [0.25, 0.3) is 0 Å². The Labute approximate surface area is 132 Å². The summed E-state index contributed by atoms with van der Waals surface area (Å²) in [5.74, 6) is -0.505. The Morgan fingerprint density at radius 2 is 2.09 bits per heavy atom. The lowest BCUT2D eigenvalue weighted by molar-refractivity contribution is -0.126. The first-order chi connectivity index (χ1) is 11.1. The predicted molar refractivity (Wildman–Crippen MR) is 80.6 cm³/mol. The maximum atomic E-state index is 13.8. The molecular weight excluding hydrogens is 299 g/mol. The van der Waals surface area contributed by atoms with Crippen molar-refractivity contribution in [3.05, 3.63) is 53.8 Å². The van der Waals surface area contributed by atoms with Crippen LogP contribution in [0.1, 0.15) is 5.56 Å². The summed E-state index contributed by atoms with van der Waals surface area (Å²) in [6.07, 6.45) is -0.856. The molecule has 2 aromatic rings. The normalized spacial score (nSPS) is 16.4. The average Bonchev–Trinajstić information content (AvgIpc) is 2.54. The third kappa shape index (κ3) is 2.81. The Morgan fingerprint density at radius 3 is 2.83 bits per heavy atom. The van der Waals surface area contributed by atoms with Crippen LogP contribution in [0, 0.1) is 17.1 Å². The Balaban J connectivity index is 1.95. The molecule has 6 heteroatoms. The van der Waals surface area contributed by atoms with Crippen molar-refractivity contribution in [1.82, 2.24) is 0 Å². The van der Waals surface area contributed by atoms with E-state index < -0.39 is 17.8 Å². The van der Waals surface area contributed by atoms with E-state index in [1.807, 2.05) is 6.07 Å². The van der Waals surface area contributed by atoms with Crippen LogP contribution in [0.4, 0.5) is 10.1 Å². The summed E-state index contributed by atoms with van der Waals surface area (Å²) < 4.78 is 19.5. The number of anilines is 1. The number of benzene rings is 2. The fourth-order valence-electron chi connectivity index (χ4n) is 2.54. The van der Waals surface area contributed by atoms with Crippen LogP contribution in [-0.4, -0.2) is 23.7 Å². The van der Waals surface area contributed by atoms with E-state index in [4.69, 9.17) is 10.00 Å². The molecule has 1 heterocycles. The highest BCUT2D eigenvalue weighted by Gasteiger charge is 2.35. The highest BCUT2D eigenvalue weighted by Crippen LogP contribution is 2.37. The first-order valence-electron chi connectivity index (χ1n) is 7.01. The smallest absolute Gasteiger partial charge is 0.269 e. The van der Waals surface area contributed by atoms with Gasteiger partial charge in [-0.25, -0.2) is 4.39 Å². The number of carbonyl (C=O) groups excluding carboxylic acids is 1. The molecule has 0 aliphatic carbocycles. The first-order valence-corrected chi connectivity index (χ1v) is 7.01. The molecule has 0 aromatic heterocycles. The van der Waals surface area contributed by atoms with Gasteiger partial charge in [-0.1, -0.05) is 18.2 Å². The summed E-state index contributed by atoms with van der Waals surface area (Å²) in [4.78, 5) is 13.8. The Hall–Kier alpha value is -3.07. The molecule has 0 radical (unpaired) electrons. The standard InChI is InChI=1S/C17H13FN2O3/c18-13-4-2-1-3-11(13)9-16-17(22)20(8-7-19)14-10-12(21)5-6-15(14)23-16/h1-6,10,16,21H,8-9H2. The zero-order chi connectivity index (χ0) is 16.4. The molecular formula is C17H13FN2O3. The third-order valence-corrected chi connectivity index (χ3v) is 3.64. The van der Waals surface area contributed by atoms with Crippen molar-refractivity contribution in [2.45, 2.75) is 12.5 Å². The van der Waals surface area contributed by atoms with Gasteiger partial charge in [0.1, 0.15) is 23.9 Å². The number of amides is 1. The van der Waals surface area contributed by atoms with E-state index in [0.29, 0.717) is 17.0 Å². The summed E-state index contributed by atoms with van der Waals surface area (Å²) in [6.45, 7) is -0.174. The number of carbonyl (C=O) groups is 1. The topological polar surface area (TPSA) is 73.6 Å². The minimum absolute atomic E-state index is 0.0318. The summed E-state index contributed by atoms with van der Waals surface area (Å²) in [6, 6.07) is 12.4. The minimum Gasteiger partial charge on any atom is -0.508 e. The van der Waals surface area contributed by atoms with Gasteiger partial charge in [-0.2, -0.15) is 5.26 Å². The predicted octanol–water partition coefficient (Wildman–Crippen LogP) is 2.39. The van der Waals surface area contributed by atoms with E-state index in [1.165, 1.54) is 29.2 Å². The molecule has 0 saturated carbocycles. The van der Waals surface area contributed by atoms with E-state index in [2.05, 4.69) is 0 Å². The van der Waals surface area contributed by atoms with Crippen molar-refractivity contribution >= 4 is 11.6 Å². The maximum Gasteiger partial charge on any atom is 0.269 e. The zero-order valence-corrected chi connectivity index (χ0v) is 12.1. The SMILES string of the molecule is N#CCN1C(=O)C(Cc2ccccc2F)Oc2ccc(O)cc21. The largest absolute Gasteiger partial charge is 0.508 e. The molecule has 2 aromatic carbocycles. The lowest BCUT2D eigenvalue weighted by atomic mass is 10.0. The van der Waals surface area contributed by atoms with Crippen LogP contribution < -0.4 is 9.64 Å². The van der Waals surface area contributed by atoms with Gasteiger partial charge in [0.25, 0.3) is 5.91 Å². The van der Waals surface area contributed by atoms with Crippen molar-refractivity contribution in [2.75, 3.05) is 11.4 Å². The number of hydrogen-bond donors (Lipinski definition) is 1. The van der Waals surface area contributed by atoms with Gasteiger partial charge in [0, 0.05) is 12.5 Å². The number of hydrogen-bond acceptors (Lipinski definition) is 4.